The molecule has 1 aromatic rings. The molecule has 21 heavy (non-hydrogen) atoms. The van der Waals surface area contributed by atoms with Gasteiger partial charge in [0.2, 0.25) is 0 Å². The number of amides is 2. The van der Waals surface area contributed by atoms with Crippen molar-refractivity contribution in [1.29, 1.82) is 0 Å². The minimum absolute atomic E-state index is 0.0398. The zero-order valence-corrected chi connectivity index (χ0v) is 12.8. The summed E-state index contributed by atoms with van der Waals surface area (Å²) in [4.78, 5) is 24.6. The highest BCUT2D eigenvalue weighted by Gasteiger charge is 2.11. The highest BCUT2D eigenvalue weighted by molar-refractivity contribution is 5.89. The van der Waals surface area contributed by atoms with Crippen LogP contribution in [0, 0.1) is 0 Å². The number of nitrogens with two attached hydrogens (primary N) is 1. The van der Waals surface area contributed by atoms with Gasteiger partial charge in [-0.1, -0.05) is 12.1 Å². The molecule has 6 heteroatoms. The van der Waals surface area contributed by atoms with Crippen LogP contribution >= 0.6 is 0 Å². The first-order valence-electron chi connectivity index (χ1n) is 6.97. The van der Waals surface area contributed by atoms with Gasteiger partial charge in [-0.05, 0) is 31.5 Å². The number of carbonyl (C=O) groups excluding carboxylic acids is 2. The van der Waals surface area contributed by atoms with Crippen LogP contribution in [0.5, 0.6) is 0 Å². The van der Waals surface area contributed by atoms with Crippen molar-refractivity contribution in [2.75, 3.05) is 25.5 Å². The maximum atomic E-state index is 11.9. The molecule has 3 N–H and O–H groups in total. The SMILES string of the molecule is CCOC(=O)CCN(C)C(=O)Nc1ccc(C(C)N)cc1. The predicted octanol–water partition coefficient (Wildman–Crippen LogP) is 2.12. The Morgan fingerprint density at radius 2 is 1.95 bits per heavy atom. The third-order valence-corrected chi connectivity index (χ3v) is 2.99. The topological polar surface area (TPSA) is 84.7 Å². The summed E-state index contributed by atoms with van der Waals surface area (Å²) >= 11 is 0. The molecule has 0 saturated carbocycles. The summed E-state index contributed by atoms with van der Waals surface area (Å²) in [6.45, 7) is 4.31. The lowest BCUT2D eigenvalue weighted by atomic mass is 10.1. The summed E-state index contributed by atoms with van der Waals surface area (Å²) in [6, 6.07) is 7.04. The molecule has 0 aliphatic heterocycles. The van der Waals surface area contributed by atoms with Crippen molar-refractivity contribution in [3.63, 3.8) is 0 Å². The van der Waals surface area contributed by atoms with E-state index in [1.54, 1.807) is 26.1 Å². The first kappa shape index (κ1) is 17.0. The van der Waals surface area contributed by atoms with E-state index in [0.29, 0.717) is 18.8 Å². The van der Waals surface area contributed by atoms with Crippen LogP contribution in [0.3, 0.4) is 0 Å². The summed E-state index contributed by atoms with van der Waals surface area (Å²) in [6.07, 6.45) is 0.182. The molecule has 0 aromatic heterocycles. The summed E-state index contributed by atoms with van der Waals surface area (Å²) in [5, 5.41) is 2.76. The van der Waals surface area contributed by atoms with Crippen molar-refractivity contribution < 1.29 is 14.3 Å². The number of esters is 1. The molecular weight excluding hydrogens is 270 g/mol. The lowest BCUT2D eigenvalue weighted by Gasteiger charge is -2.17. The third kappa shape index (κ3) is 5.83. The fourth-order valence-electron chi connectivity index (χ4n) is 1.68. The van der Waals surface area contributed by atoms with Gasteiger partial charge in [-0.25, -0.2) is 4.79 Å². The van der Waals surface area contributed by atoms with Crippen LogP contribution in [0.2, 0.25) is 0 Å². The zero-order chi connectivity index (χ0) is 15.8. The van der Waals surface area contributed by atoms with Gasteiger partial charge in [-0.2, -0.15) is 0 Å². The molecule has 6 nitrogen and oxygen atoms in total. The van der Waals surface area contributed by atoms with E-state index in [4.69, 9.17) is 10.5 Å². The first-order valence-corrected chi connectivity index (χ1v) is 6.97. The minimum Gasteiger partial charge on any atom is -0.466 e. The Balaban J connectivity index is 2.46. The number of anilines is 1. The van der Waals surface area contributed by atoms with E-state index < -0.39 is 0 Å². The van der Waals surface area contributed by atoms with Gasteiger partial charge >= 0.3 is 12.0 Å². The second kappa shape index (κ2) is 8.26. The monoisotopic (exact) mass is 293 g/mol. The van der Waals surface area contributed by atoms with Gasteiger partial charge in [-0.3, -0.25) is 4.79 Å². The largest absolute Gasteiger partial charge is 0.466 e. The van der Waals surface area contributed by atoms with E-state index in [2.05, 4.69) is 5.32 Å². The van der Waals surface area contributed by atoms with Gasteiger partial charge in [0.15, 0.2) is 0 Å². The molecular formula is C15H23N3O3. The van der Waals surface area contributed by atoms with Gasteiger partial charge in [0, 0.05) is 25.3 Å². The molecule has 0 aliphatic rings. The number of nitrogens with zero attached hydrogens (tertiary/aromatic N) is 1. The Morgan fingerprint density at radius 3 is 2.48 bits per heavy atom. The van der Waals surface area contributed by atoms with Crippen molar-refractivity contribution in [2.24, 2.45) is 5.73 Å². The Kier molecular flexibility index (Phi) is 6.68. The van der Waals surface area contributed by atoms with Gasteiger partial charge < -0.3 is 20.7 Å². The van der Waals surface area contributed by atoms with Gasteiger partial charge in [0.1, 0.15) is 0 Å². The summed E-state index contributed by atoms with van der Waals surface area (Å²) in [5.74, 6) is -0.307. The predicted molar refractivity (Wildman–Crippen MR) is 81.9 cm³/mol. The summed E-state index contributed by atoms with van der Waals surface area (Å²) < 4.78 is 4.82. The van der Waals surface area contributed by atoms with Crippen molar-refractivity contribution in [2.45, 2.75) is 26.3 Å². The van der Waals surface area contributed by atoms with Crippen LogP contribution in [0.4, 0.5) is 10.5 Å². The molecule has 116 valence electrons. The fraction of sp³-hybridized carbons (Fsp3) is 0.467. The van der Waals surface area contributed by atoms with Crippen LogP contribution < -0.4 is 11.1 Å². The number of benzene rings is 1. The van der Waals surface area contributed by atoms with Crippen LogP contribution in [0.15, 0.2) is 24.3 Å². The Bertz CT molecular complexity index is 472. The first-order chi connectivity index (χ1) is 9.93. The number of urea groups is 1. The summed E-state index contributed by atoms with van der Waals surface area (Å²) in [7, 11) is 1.63. The maximum absolute atomic E-state index is 11.9. The van der Waals surface area contributed by atoms with Crippen molar-refractivity contribution >= 4 is 17.7 Å². The number of nitrogens with one attached hydrogen (secondary N) is 1. The van der Waals surface area contributed by atoms with Crippen molar-refractivity contribution in [1.82, 2.24) is 4.90 Å². The van der Waals surface area contributed by atoms with Crippen LogP contribution in [0.25, 0.3) is 0 Å². The fourth-order valence-corrected chi connectivity index (χ4v) is 1.68. The average molecular weight is 293 g/mol. The second-order valence-electron chi connectivity index (χ2n) is 4.82. The van der Waals surface area contributed by atoms with Crippen LogP contribution in [0.1, 0.15) is 31.9 Å². The number of hydrogen-bond donors (Lipinski definition) is 2. The van der Waals surface area contributed by atoms with Crippen molar-refractivity contribution in [3.8, 4) is 0 Å². The minimum atomic E-state index is -0.307. The Hall–Kier alpha value is -2.08. The van der Waals surface area contributed by atoms with Gasteiger partial charge in [0.25, 0.3) is 0 Å². The van der Waals surface area contributed by atoms with Gasteiger partial charge in [-0.15, -0.1) is 0 Å². The molecule has 0 radical (unpaired) electrons. The highest BCUT2D eigenvalue weighted by Crippen LogP contribution is 2.14. The molecule has 0 aliphatic carbocycles. The van der Waals surface area contributed by atoms with Gasteiger partial charge in [0.05, 0.1) is 13.0 Å². The Morgan fingerprint density at radius 1 is 1.33 bits per heavy atom. The van der Waals surface area contributed by atoms with E-state index in [1.807, 2.05) is 19.1 Å². The molecule has 0 spiro atoms. The molecule has 0 saturated heterocycles. The van der Waals surface area contributed by atoms with E-state index in [9.17, 15) is 9.59 Å². The highest BCUT2D eigenvalue weighted by atomic mass is 16.5. The molecule has 0 bridgehead atoms. The number of hydrogen-bond acceptors (Lipinski definition) is 4. The average Bonchev–Trinajstić information content (AvgIpc) is 2.45. The quantitative estimate of drug-likeness (QED) is 0.787. The smallest absolute Gasteiger partial charge is 0.321 e. The number of ether oxygens (including phenoxy) is 1. The third-order valence-electron chi connectivity index (χ3n) is 2.99. The second-order valence-corrected chi connectivity index (χ2v) is 4.82. The molecule has 1 aromatic carbocycles. The van der Waals surface area contributed by atoms with Crippen LogP contribution in [-0.2, 0) is 9.53 Å². The Labute approximate surface area is 125 Å². The zero-order valence-electron chi connectivity index (χ0n) is 12.8. The number of carbonyl (C=O) groups is 2. The number of rotatable bonds is 6. The van der Waals surface area contributed by atoms with Crippen LogP contribution in [-0.4, -0.2) is 37.1 Å². The maximum Gasteiger partial charge on any atom is 0.321 e. The summed E-state index contributed by atoms with van der Waals surface area (Å²) in [5.41, 5.74) is 7.46. The van der Waals surface area contributed by atoms with E-state index in [1.165, 1.54) is 4.90 Å². The molecule has 2 amide bonds. The molecule has 0 fully saturated rings. The standard InChI is InChI=1S/C15H23N3O3/c1-4-21-14(19)9-10-18(3)15(20)17-13-7-5-12(6-8-13)11(2)16/h5-8,11H,4,9-10,16H2,1-3H3,(H,17,20). The molecule has 1 atom stereocenters. The lowest BCUT2D eigenvalue weighted by Crippen LogP contribution is -2.33. The van der Waals surface area contributed by atoms with E-state index >= 15 is 0 Å². The van der Waals surface area contributed by atoms with E-state index in [0.717, 1.165) is 5.56 Å². The molecule has 1 unspecified atom stereocenters. The molecule has 0 heterocycles. The normalized spacial score (nSPS) is 11.6. The van der Waals surface area contributed by atoms with E-state index in [-0.39, 0.29) is 24.5 Å². The lowest BCUT2D eigenvalue weighted by molar-refractivity contribution is -0.143. The van der Waals surface area contributed by atoms with Crippen molar-refractivity contribution in [3.05, 3.63) is 29.8 Å². The molecule has 1 rings (SSSR count).